The largest absolute Gasteiger partial charge is 0.497 e. The van der Waals surface area contributed by atoms with E-state index < -0.39 is 0 Å². The van der Waals surface area contributed by atoms with Gasteiger partial charge < -0.3 is 10.1 Å². The Morgan fingerprint density at radius 1 is 1.19 bits per heavy atom. The molecule has 112 valence electrons. The summed E-state index contributed by atoms with van der Waals surface area (Å²) >= 11 is 3.45. The summed E-state index contributed by atoms with van der Waals surface area (Å²) < 4.78 is 19.2. The minimum Gasteiger partial charge on any atom is -0.497 e. The molecule has 0 saturated carbocycles. The second-order valence-electron chi connectivity index (χ2n) is 4.83. The fraction of sp³-hybridized carbons (Fsp3) is 0.294. The molecule has 0 saturated heterocycles. The molecule has 0 amide bonds. The zero-order chi connectivity index (χ0) is 15.2. The highest BCUT2D eigenvalue weighted by atomic mass is 79.9. The maximum Gasteiger partial charge on any atom is 0.124 e. The van der Waals surface area contributed by atoms with Gasteiger partial charge in [-0.05, 0) is 48.4 Å². The fourth-order valence-corrected chi connectivity index (χ4v) is 2.95. The minimum absolute atomic E-state index is 0.137. The molecule has 1 N–H and O–H groups in total. The lowest BCUT2D eigenvalue weighted by molar-refractivity contribution is 0.414. The van der Waals surface area contributed by atoms with Crippen LogP contribution in [0.1, 0.15) is 24.1 Å². The van der Waals surface area contributed by atoms with Crippen molar-refractivity contribution in [3.05, 3.63) is 63.9 Å². The molecule has 0 bridgehead atoms. The highest BCUT2D eigenvalue weighted by Gasteiger charge is 2.15. The normalized spacial score (nSPS) is 12.2. The van der Waals surface area contributed by atoms with Gasteiger partial charge in [-0.2, -0.15) is 0 Å². The van der Waals surface area contributed by atoms with Crippen LogP contribution in [0.3, 0.4) is 0 Å². The summed E-state index contributed by atoms with van der Waals surface area (Å²) in [6, 6.07) is 13.0. The van der Waals surface area contributed by atoms with Crippen LogP contribution in [0.2, 0.25) is 0 Å². The van der Waals surface area contributed by atoms with E-state index in [0.29, 0.717) is 0 Å². The molecule has 0 aliphatic heterocycles. The molecule has 0 aliphatic rings. The lowest BCUT2D eigenvalue weighted by atomic mass is 9.98. The van der Waals surface area contributed by atoms with Crippen molar-refractivity contribution in [2.75, 3.05) is 13.7 Å². The van der Waals surface area contributed by atoms with Crippen molar-refractivity contribution in [3.63, 3.8) is 0 Å². The molecule has 0 spiro atoms. The Kier molecular flexibility index (Phi) is 5.76. The monoisotopic (exact) mass is 351 g/mol. The lowest BCUT2D eigenvalue weighted by Crippen LogP contribution is -2.23. The van der Waals surface area contributed by atoms with Gasteiger partial charge in [-0.25, -0.2) is 4.39 Å². The zero-order valence-electron chi connectivity index (χ0n) is 12.2. The van der Waals surface area contributed by atoms with Gasteiger partial charge in [0.2, 0.25) is 0 Å². The SMILES string of the molecule is CCNC(Cc1ccc(OC)cc1)c1ccc(F)cc1Br. The topological polar surface area (TPSA) is 21.3 Å². The van der Waals surface area contributed by atoms with Gasteiger partial charge in [0.1, 0.15) is 11.6 Å². The highest BCUT2D eigenvalue weighted by Crippen LogP contribution is 2.27. The summed E-state index contributed by atoms with van der Waals surface area (Å²) in [6.07, 6.45) is 0.835. The number of hydrogen-bond acceptors (Lipinski definition) is 2. The average molecular weight is 352 g/mol. The first-order valence-corrected chi connectivity index (χ1v) is 7.74. The number of benzene rings is 2. The van der Waals surface area contributed by atoms with Crippen LogP contribution in [0.5, 0.6) is 5.75 Å². The summed E-state index contributed by atoms with van der Waals surface area (Å²) in [7, 11) is 1.66. The van der Waals surface area contributed by atoms with Crippen LogP contribution in [0, 0.1) is 5.82 Å². The molecule has 2 aromatic rings. The molecule has 0 aliphatic carbocycles. The van der Waals surface area contributed by atoms with Crippen LogP contribution in [0.25, 0.3) is 0 Å². The molecule has 2 aromatic carbocycles. The van der Waals surface area contributed by atoms with Crippen molar-refractivity contribution in [1.82, 2.24) is 5.32 Å². The van der Waals surface area contributed by atoms with E-state index in [1.165, 1.54) is 17.7 Å². The van der Waals surface area contributed by atoms with Crippen LogP contribution in [-0.4, -0.2) is 13.7 Å². The van der Waals surface area contributed by atoms with Crippen LogP contribution < -0.4 is 10.1 Å². The second kappa shape index (κ2) is 7.57. The van der Waals surface area contributed by atoms with E-state index in [4.69, 9.17) is 4.74 Å². The van der Waals surface area contributed by atoms with Crippen LogP contribution in [0.15, 0.2) is 46.9 Å². The van der Waals surface area contributed by atoms with Crippen LogP contribution >= 0.6 is 15.9 Å². The van der Waals surface area contributed by atoms with Crippen molar-refractivity contribution in [3.8, 4) is 5.75 Å². The Hall–Kier alpha value is -1.39. The first kappa shape index (κ1) is 16.0. The number of hydrogen-bond donors (Lipinski definition) is 1. The first-order valence-electron chi connectivity index (χ1n) is 6.95. The van der Waals surface area contributed by atoms with E-state index in [1.54, 1.807) is 7.11 Å². The van der Waals surface area contributed by atoms with Crippen molar-refractivity contribution in [2.45, 2.75) is 19.4 Å². The van der Waals surface area contributed by atoms with E-state index in [9.17, 15) is 4.39 Å². The van der Waals surface area contributed by atoms with Gasteiger partial charge in [-0.3, -0.25) is 0 Å². The Morgan fingerprint density at radius 2 is 1.90 bits per heavy atom. The number of ether oxygens (including phenoxy) is 1. The molecular formula is C17H19BrFNO. The summed E-state index contributed by atoms with van der Waals surface area (Å²) in [5.74, 6) is 0.618. The van der Waals surface area contributed by atoms with Gasteiger partial charge >= 0.3 is 0 Å². The third-order valence-corrected chi connectivity index (χ3v) is 4.07. The summed E-state index contributed by atoms with van der Waals surface area (Å²) in [5.41, 5.74) is 2.27. The third kappa shape index (κ3) is 4.29. The predicted octanol–water partition coefficient (Wildman–Crippen LogP) is 4.49. The fourth-order valence-electron chi connectivity index (χ4n) is 2.32. The molecule has 4 heteroatoms. The molecule has 2 nitrogen and oxygen atoms in total. The van der Waals surface area contributed by atoms with E-state index in [0.717, 1.165) is 28.8 Å². The Labute approximate surface area is 133 Å². The van der Waals surface area contributed by atoms with Gasteiger partial charge in [0.05, 0.1) is 7.11 Å². The summed E-state index contributed by atoms with van der Waals surface area (Å²) in [5, 5.41) is 3.45. The number of methoxy groups -OCH3 is 1. The summed E-state index contributed by atoms with van der Waals surface area (Å²) in [4.78, 5) is 0. The van der Waals surface area contributed by atoms with Crippen molar-refractivity contribution in [1.29, 1.82) is 0 Å². The first-order chi connectivity index (χ1) is 10.1. The molecule has 0 radical (unpaired) electrons. The van der Waals surface area contributed by atoms with Gasteiger partial charge in [-0.15, -0.1) is 0 Å². The number of rotatable bonds is 6. The number of halogens is 2. The molecule has 0 heterocycles. The van der Waals surface area contributed by atoms with Gasteiger partial charge in [-0.1, -0.05) is 41.1 Å². The van der Waals surface area contributed by atoms with Crippen LogP contribution in [-0.2, 0) is 6.42 Å². The molecular weight excluding hydrogens is 333 g/mol. The lowest BCUT2D eigenvalue weighted by Gasteiger charge is -2.20. The second-order valence-corrected chi connectivity index (χ2v) is 5.68. The maximum absolute atomic E-state index is 13.2. The van der Waals surface area contributed by atoms with E-state index in [-0.39, 0.29) is 11.9 Å². The zero-order valence-corrected chi connectivity index (χ0v) is 13.8. The molecule has 0 fully saturated rings. The molecule has 1 unspecified atom stereocenters. The standard InChI is InChI=1S/C17H19BrFNO/c1-3-20-17(15-9-6-13(19)11-16(15)18)10-12-4-7-14(21-2)8-5-12/h4-9,11,17,20H,3,10H2,1-2H3. The van der Waals surface area contributed by atoms with E-state index in [2.05, 4.69) is 40.3 Å². The molecule has 1 atom stereocenters. The van der Waals surface area contributed by atoms with Crippen molar-refractivity contribution in [2.24, 2.45) is 0 Å². The molecule has 21 heavy (non-hydrogen) atoms. The average Bonchev–Trinajstić information content (AvgIpc) is 2.48. The highest BCUT2D eigenvalue weighted by molar-refractivity contribution is 9.10. The summed E-state index contributed by atoms with van der Waals surface area (Å²) in [6.45, 7) is 2.92. The number of nitrogens with one attached hydrogen (secondary N) is 1. The smallest absolute Gasteiger partial charge is 0.124 e. The van der Waals surface area contributed by atoms with Gasteiger partial charge in [0, 0.05) is 10.5 Å². The predicted molar refractivity (Wildman–Crippen MR) is 87.2 cm³/mol. The van der Waals surface area contributed by atoms with Crippen molar-refractivity contribution < 1.29 is 9.13 Å². The Balaban J connectivity index is 2.21. The molecule has 2 rings (SSSR count). The quantitative estimate of drug-likeness (QED) is 0.827. The van der Waals surface area contributed by atoms with E-state index >= 15 is 0 Å². The Bertz CT molecular complexity index is 586. The van der Waals surface area contributed by atoms with Gasteiger partial charge in [0.15, 0.2) is 0 Å². The van der Waals surface area contributed by atoms with Crippen molar-refractivity contribution >= 4 is 15.9 Å². The van der Waals surface area contributed by atoms with Gasteiger partial charge in [0.25, 0.3) is 0 Å². The molecule has 0 aromatic heterocycles. The number of likely N-dealkylation sites (N-methyl/N-ethyl adjacent to an activating group) is 1. The van der Waals surface area contributed by atoms with E-state index in [1.807, 2.05) is 18.2 Å². The minimum atomic E-state index is -0.231. The maximum atomic E-state index is 13.2. The Morgan fingerprint density at radius 3 is 2.48 bits per heavy atom. The van der Waals surface area contributed by atoms with Crippen LogP contribution in [0.4, 0.5) is 4.39 Å². The third-order valence-electron chi connectivity index (χ3n) is 3.39.